The molecule has 82 valence electrons. The second-order valence-corrected chi connectivity index (χ2v) is 4.87. The van der Waals surface area contributed by atoms with Gasteiger partial charge in [0.2, 0.25) is 5.91 Å². The maximum absolute atomic E-state index is 11.8. The van der Waals surface area contributed by atoms with E-state index in [1.165, 1.54) is 5.56 Å². The summed E-state index contributed by atoms with van der Waals surface area (Å²) in [5, 5.41) is 10.3. The molecule has 0 radical (unpaired) electrons. The summed E-state index contributed by atoms with van der Waals surface area (Å²) in [4.78, 5) is 11.8. The highest BCUT2D eigenvalue weighted by Crippen LogP contribution is 2.16. The van der Waals surface area contributed by atoms with Gasteiger partial charge in [0, 0.05) is 13.1 Å². The van der Waals surface area contributed by atoms with Crippen LogP contribution in [0.3, 0.4) is 0 Å². The Labute approximate surface area is 93.9 Å². The summed E-state index contributed by atoms with van der Waals surface area (Å²) in [6.07, 6.45) is 0. The van der Waals surface area contributed by atoms with E-state index in [-0.39, 0.29) is 11.8 Å². The van der Waals surface area contributed by atoms with Crippen LogP contribution < -0.4 is 10.6 Å². The molecule has 1 aromatic rings. The van der Waals surface area contributed by atoms with Gasteiger partial charge in [0.25, 0.3) is 0 Å². The number of amides is 1. The van der Waals surface area contributed by atoms with Crippen LogP contribution in [0, 0.1) is 11.8 Å². The summed E-state index contributed by atoms with van der Waals surface area (Å²) in [5.74, 6) is 0.773. The van der Waals surface area contributed by atoms with Crippen LogP contribution in [-0.2, 0) is 11.3 Å². The van der Waals surface area contributed by atoms with Crippen LogP contribution in [0.5, 0.6) is 0 Å². The monoisotopic (exact) mass is 224 g/mol. The fourth-order valence-electron chi connectivity index (χ4n) is 1.87. The van der Waals surface area contributed by atoms with Gasteiger partial charge in [0.15, 0.2) is 0 Å². The minimum absolute atomic E-state index is 0.142. The molecule has 2 rings (SSSR count). The Kier molecular flexibility index (Phi) is 3.38. The minimum Gasteiger partial charge on any atom is -0.352 e. The van der Waals surface area contributed by atoms with Crippen LogP contribution in [-0.4, -0.2) is 19.0 Å². The first-order chi connectivity index (χ1) is 7.27. The Morgan fingerprint density at radius 1 is 1.67 bits per heavy atom. The van der Waals surface area contributed by atoms with Crippen molar-refractivity contribution in [3.8, 4) is 0 Å². The van der Waals surface area contributed by atoms with E-state index in [0.29, 0.717) is 12.5 Å². The molecule has 0 aliphatic carbocycles. The molecular weight excluding hydrogens is 208 g/mol. The zero-order valence-electron chi connectivity index (χ0n) is 8.82. The number of carbonyl (C=O) groups is 1. The second kappa shape index (κ2) is 4.77. The topological polar surface area (TPSA) is 41.1 Å². The summed E-state index contributed by atoms with van der Waals surface area (Å²) >= 11 is 1.66. The number of hydrogen-bond acceptors (Lipinski definition) is 3. The highest BCUT2D eigenvalue weighted by atomic mass is 32.1. The molecule has 1 aliphatic heterocycles. The summed E-state index contributed by atoms with van der Waals surface area (Å²) in [6, 6.07) is 2.04. The molecule has 0 unspecified atom stereocenters. The van der Waals surface area contributed by atoms with Gasteiger partial charge < -0.3 is 10.6 Å². The third kappa shape index (κ3) is 2.58. The fraction of sp³-hybridized carbons (Fsp3) is 0.545. The molecule has 1 aromatic heterocycles. The number of rotatable bonds is 3. The molecule has 1 saturated heterocycles. The molecule has 1 amide bonds. The number of hydrogen-bond donors (Lipinski definition) is 2. The number of thiophene rings is 1. The van der Waals surface area contributed by atoms with Gasteiger partial charge in [-0.15, -0.1) is 0 Å². The SMILES string of the molecule is C[C@@H]1CNC[C@H]1C(=O)NCc1ccsc1. The van der Waals surface area contributed by atoms with Crippen molar-refractivity contribution in [1.82, 2.24) is 10.6 Å². The summed E-state index contributed by atoms with van der Waals surface area (Å²) in [6.45, 7) is 4.55. The van der Waals surface area contributed by atoms with Gasteiger partial charge in [-0.2, -0.15) is 11.3 Å². The van der Waals surface area contributed by atoms with E-state index in [0.717, 1.165) is 13.1 Å². The Hall–Kier alpha value is -0.870. The zero-order valence-corrected chi connectivity index (χ0v) is 9.64. The number of nitrogens with one attached hydrogen (secondary N) is 2. The molecular formula is C11H16N2OS. The first-order valence-corrected chi connectivity index (χ1v) is 6.21. The van der Waals surface area contributed by atoms with Gasteiger partial charge in [-0.1, -0.05) is 6.92 Å². The molecule has 15 heavy (non-hydrogen) atoms. The van der Waals surface area contributed by atoms with E-state index in [1.54, 1.807) is 11.3 Å². The standard InChI is InChI=1S/C11H16N2OS/c1-8-4-12-6-10(8)11(14)13-5-9-2-3-15-7-9/h2-3,7-8,10,12H,4-6H2,1H3,(H,13,14)/t8-,10-/m1/s1. The Balaban J connectivity index is 1.82. The lowest BCUT2D eigenvalue weighted by molar-refractivity contribution is -0.125. The lowest BCUT2D eigenvalue weighted by Crippen LogP contribution is -2.33. The quantitative estimate of drug-likeness (QED) is 0.810. The lowest BCUT2D eigenvalue weighted by Gasteiger charge is -2.13. The third-order valence-electron chi connectivity index (χ3n) is 2.90. The van der Waals surface area contributed by atoms with E-state index in [1.807, 2.05) is 11.4 Å². The minimum atomic E-state index is 0.142. The smallest absolute Gasteiger partial charge is 0.224 e. The molecule has 0 spiro atoms. The number of carbonyl (C=O) groups excluding carboxylic acids is 1. The van der Waals surface area contributed by atoms with E-state index in [4.69, 9.17) is 0 Å². The van der Waals surface area contributed by atoms with Crippen molar-refractivity contribution in [3.05, 3.63) is 22.4 Å². The van der Waals surface area contributed by atoms with Crippen LogP contribution >= 0.6 is 11.3 Å². The maximum atomic E-state index is 11.8. The van der Waals surface area contributed by atoms with E-state index < -0.39 is 0 Å². The van der Waals surface area contributed by atoms with Crippen LogP contribution in [0.15, 0.2) is 16.8 Å². The second-order valence-electron chi connectivity index (χ2n) is 4.09. The summed E-state index contributed by atoms with van der Waals surface area (Å²) < 4.78 is 0. The van der Waals surface area contributed by atoms with Crippen LogP contribution in [0.25, 0.3) is 0 Å². The maximum Gasteiger partial charge on any atom is 0.224 e. The van der Waals surface area contributed by atoms with E-state index in [9.17, 15) is 4.79 Å². The average Bonchev–Trinajstić information content (AvgIpc) is 2.84. The summed E-state index contributed by atoms with van der Waals surface area (Å²) in [7, 11) is 0. The van der Waals surface area contributed by atoms with Gasteiger partial charge in [-0.05, 0) is 34.9 Å². The van der Waals surface area contributed by atoms with Crippen molar-refractivity contribution >= 4 is 17.2 Å². The normalized spacial score (nSPS) is 25.4. The Bertz CT molecular complexity index is 323. The average molecular weight is 224 g/mol. The first-order valence-electron chi connectivity index (χ1n) is 5.27. The highest BCUT2D eigenvalue weighted by Gasteiger charge is 2.29. The molecule has 2 heterocycles. The van der Waals surface area contributed by atoms with Crippen molar-refractivity contribution in [3.63, 3.8) is 0 Å². The van der Waals surface area contributed by atoms with Crippen molar-refractivity contribution in [2.75, 3.05) is 13.1 Å². The van der Waals surface area contributed by atoms with Gasteiger partial charge in [0.05, 0.1) is 5.92 Å². The highest BCUT2D eigenvalue weighted by molar-refractivity contribution is 7.07. The molecule has 0 saturated carbocycles. The Morgan fingerprint density at radius 2 is 2.53 bits per heavy atom. The third-order valence-corrected chi connectivity index (χ3v) is 3.63. The van der Waals surface area contributed by atoms with E-state index >= 15 is 0 Å². The van der Waals surface area contributed by atoms with Gasteiger partial charge in [-0.25, -0.2) is 0 Å². The molecule has 3 nitrogen and oxygen atoms in total. The molecule has 0 aromatic carbocycles. The van der Waals surface area contributed by atoms with E-state index in [2.05, 4.69) is 22.9 Å². The van der Waals surface area contributed by atoms with Crippen molar-refractivity contribution in [2.24, 2.45) is 11.8 Å². The molecule has 2 atom stereocenters. The largest absolute Gasteiger partial charge is 0.352 e. The molecule has 1 aliphatic rings. The van der Waals surface area contributed by atoms with Crippen molar-refractivity contribution in [2.45, 2.75) is 13.5 Å². The molecule has 0 bridgehead atoms. The van der Waals surface area contributed by atoms with Gasteiger partial charge >= 0.3 is 0 Å². The van der Waals surface area contributed by atoms with Gasteiger partial charge in [0.1, 0.15) is 0 Å². The van der Waals surface area contributed by atoms with Crippen LogP contribution in [0.4, 0.5) is 0 Å². The van der Waals surface area contributed by atoms with Crippen molar-refractivity contribution < 1.29 is 4.79 Å². The summed E-state index contributed by atoms with van der Waals surface area (Å²) in [5.41, 5.74) is 1.19. The first kappa shape index (κ1) is 10.6. The van der Waals surface area contributed by atoms with Crippen LogP contribution in [0.2, 0.25) is 0 Å². The molecule has 2 N–H and O–H groups in total. The van der Waals surface area contributed by atoms with Crippen molar-refractivity contribution in [1.29, 1.82) is 0 Å². The fourth-order valence-corrected chi connectivity index (χ4v) is 2.54. The predicted molar refractivity (Wildman–Crippen MR) is 61.7 cm³/mol. The Morgan fingerprint density at radius 3 is 3.13 bits per heavy atom. The lowest BCUT2D eigenvalue weighted by atomic mass is 9.97. The molecule has 1 fully saturated rings. The zero-order chi connectivity index (χ0) is 10.7. The van der Waals surface area contributed by atoms with Crippen LogP contribution in [0.1, 0.15) is 12.5 Å². The molecule has 4 heteroatoms. The van der Waals surface area contributed by atoms with Gasteiger partial charge in [-0.3, -0.25) is 4.79 Å². The predicted octanol–water partition coefficient (Wildman–Crippen LogP) is 1.22.